The second kappa shape index (κ2) is 3.87. The second-order valence-corrected chi connectivity index (χ2v) is 4.41. The first-order valence-corrected chi connectivity index (χ1v) is 5.33. The number of carbonyl (C=O) groups is 1. The molecule has 1 heterocycles. The van der Waals surface area contributed by atoms with Crippen LogP contribution in [0.4, 0.5) is 0 Å². The van der Waals surface area contributed by atoms with Crippen LogP contribution in [0.1, 0.15) is 19.3 Å². The van der Waals surface area contributed by atoms with Gasteiger partial charge in [-0.15, -0.1) is 0 Å². The van der Waals surface area contributed by atoms with Crippen molar-refractivity contribution in [2.24, 2.45) is 0 Å². The number of carbonyl (C=O) groups excluding carboxylic acids is 1. The predicted molar refractivity (Wildman–Crippen MR) is 52.9 cm³/mol. The van der Waals surface area contributed by atoms with Crippen LogP contribution in [0.2, 0.25) is 0 Å². The summed E-state index contributed by atoms with van der Waals surface area (Å²) < 4.78 is 0. The average Bonchev–Trinajstić information content (AvgIpc) is 2.91. The van der Waals surface area contributed by atoms with E-state index in [0.29, 0.717) is 19.1 Å². The second-order valence-electron chi connectivity index (χ2n) is 4.41. The lowest BCUT2D eigenvalue weighted by Gasteiger charge is -2.20. The Labute approximate surface area is 84.5 Å². The van der Waals surface area contributed by atoms with Crippen LogP contribution < -0.4 is 0 Å². The van der Waals surface area contributed by atoms with Crippen molar-refractivity contribution in [3.8, 4) is 0 Å². The van der Waals surface area contributed by atoms with Gasteiger partial charge in [-0.2, -0.15) is 0 Å². The molecule has 0 radical (unpaired) electrons. The number of likely N-dealkylation sites (tertiary alicyclic amines) is 1. The Morgan fingerprint density at radius 2 is 2.21 bits per heavy atom. The summed E-state index contributed by atoms with van der Waals surface area (Å²) in [4.78, 5) is 15.6. The molecule has 1 N–H and O–H groups in total. The van der Waals surface area contributed by atoms with Gasteiger partial charge < -0.3 is 10.0 Å². The molecule has 0 aromatic rings. The quantitative estimate of drug-likeness (QED) is 0.675. The highest BCUT2D eigenvalue weighted by molar-refractivity contribution is 5.78. The summed E-state index contributed by atoms with van der Waals surface area (Å²) in [7, 11) is 1.88. The van der Waals surface area contributed by atoms with E-state index in [9.17, 15) is 9.90 Å². The monoisotopic (exact) mass is 198 g/mol. The van der Waals surface area contributed by atoms with Crippen LogP contribution >= 0.6 is 0 Å². The van der Waals surface area contributed by atoms with Crippen LogP contribution in [0.25, 0.3) is 0 Å². The van der Waals surface area contributed by atoms with E-state index in [4.69, 9.17) is 0 Å². The molecule has 1 saturated heterocycles. The maximum atomic E-state index is 11.7. The minimum Gasteiger partial charge on any atom is -0.392 e. The number of nitrogens with zero attached hydrogens (tertiary/aromatic N) is 2. The number of likely N-dealkylation sites (N-methyl/N-ethyl adjacent to an activating group) is 1. The SMILES string of the molecule is CN(C(=O)CN1CC[C@H](O)C1)C1CC1. The lowest BCUT2D eigenvalue weighted by molar-refractivity contribution is -0.131. The van der Waals surface area contributed by atoms with Crippen molar-refractivity contribution >= 4 is 5.91 Å². The molecule has 1 saturated carbocycles. The zero-order chi connectivity index (χ0) is 10.1. The number of hydrogen-bond acceptors (Lipinski definition) is 3. The van der Waals surface area contributed by atoms with E-state index in [1.54, 1.807) is 0 Å². The van der Waals surface area contributed by atoms with Gasteiger partial charge in [0.2, 0.25) is 5.91 Å². The molecule has 14 heavy (non-hydrogen) atoms. The summed E-state index contributed by atoms with van der Waals surface area (Å²) in [5.74, 6) is 0.196. The molecular formula is C10H18N2O2. The number of aliphatic hydroxyl groups is 1. The molecular weight excluding hydrogens is 180 g/mol. The molecule has 4 nitrogen and oxygen atoms in total. The van der Waals surface area contributed by atoms with Crippen LogP contribution in [-0.4, -0.2) is 59.6 Å². The van der Waals surface area contributed by atoms with E-state index in [1.807, 2.05) is 16.8 Å². The molecule has 1 aliphatic carbocycles. The van der Waals surface area contributed by atoms with Crippen molar-refractivity contribution in [1.82, 2.24) is 9.80 Å². The van der Waals surface area contributed by atoms with Crippen molar-refractivity contribution in [2.75, 3.05) is 26.7 Å². The van der Waals surface area contributed by atoms with Gasteiger partial charge >= 0.3 is 0 Å². The first-order valence-electron chi connectivity index (χ1n) is 5.33. The van der Waals surface area contributed by atoms with Gasteiger partial charge in [0.25, 0.3) is 0 Å². The molecule has 2 fully saturated rings. The molecule has 0 aromatic carbocycles. The smallest absolute Gasteiger partial charge is 0.236 e. The topological polar surface area (TPSA) is 43.8 Å². The molecule has 1 amide bonds. The highest BCUT2D eigenvalue weighted by Crippen LogP contribution is 2.25. The molecule has 1 aliphatic heterocycles. The minimum atomic E-state index is -0.228. The number of amides is 1. The summed E-state index contributed by atoms with van der Waals surface area (Å²) in [6.45, 7) is 1.99. The third kappa shape index (κ3) is 2.25. The Morgan fingerprint density at radius 1 is 1.50 bits per heavy atom. The Kier molecular flexibility index (Phi) is 2.74. The maximum Gasteiger partial charge on any atom is 0.236 e. The van der Waals surface area contributed by atoms with Gasteiger partial charge in [-0.25, -0.2) is 0 Å². The van der Waals surface area contributed by atoms with Crippen molar-refractivity contribution in [3.05, 3.63) is 0 Å². The number of aliphatic hydroxyl groups excluding tert-OH is 1. The molecule has 2 aliphatic rings. The van der Waals surface area contributed by atoms with E-state index < -0.39 is 0 Å². The van der Waals surface area contributed by atoms with Crippen LogP contribution in [0.5, 0.6) is 0 Å². The largest absolute Gasteiger partial charge is 0.392 e. The van der Waals surface area contributed by atoms with Crippen molar-refractivity contribution in [2.45, 2.75) is 31.4 Å². The Morgan fingerprint density at radius 3 is 2.71 bits per heavy atom. The van der Waals surface area contributed by atoms with E-state index in [2.05, 4.69) is 0 Å². The standard InChI is InChI=1S/C10H18N2O2/c1-11(8-2-3-8)10(14)7-12-5-4-9(13)6-12/h8-9,13H,2-7H2,1H3/t9-/m0/s1. The number of hydrogen-bond donors (Lipinski definition) is 1. The van der Waals surface area contributed by atoms with Crippen molar-refractivity contribution in [3.63, 3.8) is 0 Å². The van der Waals surface area contributed by atoms with Crippen LogP contribution in [0.3, 0.4) is 0 Å². The molecule has 0 unspecified atom stereocenters. The normalized spacial score (nSPS) is 28.0. The Balaban J connectivity index is 1.76. The minimum absolute atomic E-state index is 0.196. The van der Waals surface area contributed by atoms with Gasteiger partial charge in [0.05, 0.1) is 12.6 Å². The van der Waals surface area contributed by atoms with Gasteiger partial charge in [0, 0.05) is 26.2 Å². The molecule has 2 rings (SSSR count). The van der Waals surface area contributed by atoms with Crippen LogP contribution in [-0.2, 0) is 4.79 Å². The summed E-state index contributed by atoms with van der Waals surface area (Å²) >= 11 is 0. The Hall–Kier alpha value is -0.610. The van der Waals surface area contributed by atoms with Gasteiger partial charge in [0.1, 0.15) is 0 Å². The number of rotatable bonds is 3. The van der Waals surface area contributed by atoms with Gasteiger partial charge in [-0.3, -0.25) is 9.69 Å². The third-order valence-electron chi connectivity index (χ3n) is 3.09. The van der Waals surface area contributed by atoms with E-state index >= 15 is 0 Å². The zero-order valence-corrected chi connectivity index (χ0v) is 8.65. The summed E-state index contributed by atoms with van der Waals surface area (Å²) in [6.07, 6.45) is 2.89. The zero-order valence-electron chi connectivity index (χ0n) is 8.65. The number of β-amino-alcohol motifs (C(OH)–C–C–N with tert-alkyl or cyclic N) is 1. The average molecular weight is 198 g/mol. The van der Waals surface area contributed by atoms with Crippen molar-refractivity contribution in [1.29, 1.82) is 0 Å². The fourth-order valence-electron chi connectivity index (χ4n) is 1.92. The summed E-state index contributed by atoms with van der Waals surface area (Å²) in [6, 6.07) is 0.495. The van der Waals surface area contributed by atoms with Gasteiger partial charge in [-0.1, -0.05) is 0 Å². The van der Waals surface area contributed by atoms with E-state index in [-0.39, 0.29) is 12.0 Å². The molecule has 0 spiro atoms. The molecule has 1 atom stereocenters. The fraction of sp³-hybridized carbons (Fsp3) is 0.900. The Bertz CT molecular complexity index is 228. The first-order chi connectivity index (χ1) is 6.66. The third-order valence-corrected chi connectivity index (χ3v) is 3.09. The van der Waals surface area contributed by atoms with Gasteiger partial charge in [0.15, 0.2) is 0 Å². The lowest BCUT2D eigenvalue weighted by Crippen LogP contribution is -2.38. The predicted octanol–water partition coefficient (Wildman–Crippen LogP) is -0.326. The maximum absolute atomic E-state index is 11.7. The molecule has 0 bridgehead atoms. The molecule has 80 valence electrons. The fourth-order valence-corrected chi connectivity index (χ4v) is 1.92. The highest BCUT2D eigenvalue weighted by atomic mass is 16.3. The van der Waals surface area contributed by atoms with Gasteiger partial charge in [-0.05, 0) is 19.3 Å². The van der Waals surface area contributed by atoms with E-state index in [0.717, 1.165) is 25.8 Å². The summed E-state index contributed by atoms with van der Waals surface area (Å²) in [5.41, 5.74) is 0. The van der Waals surface area contributed by atoms with E-state index in [1.165, 1.54) is 0 Å². The van der Waals surface area contributed by atoms with Crippen molar-refractivity contribution < 1.29 is 9.90 Å². The van der Waals surface area contributed by atoms with Crippen LogP contribution in [0.15, 0.2) is 0 Å². The van der Waals surface area contributed by atoms with Crippen LogP contribution in [0, 0.1) is 0 Å². The first kappa shape index (κ1) is 9.93. The molecule has 0 aromatic heterocycles. The lowest BCUT2D eigenvalue weighted by atomic mass is 10.3. The summed E-state index contributed by atoms with van der Waals surface area (Å²) in [5, 5.41) is 9.31. The highest BCUT2D eigenvalue weighted by Gasteiger charge is 2.31. The molecule has 4 heteroatoms.